The van der Waals surface area contributed by atoms with E-state index in [1.54, 1.807) is 0 Å². The Morgan fingerprint density at radius 1 is 1.29 bits per heavy atom. The lowest BCUT2D eigenvalue weighted by molar-refractivity contribution is 0.949. The molecular weight excluding hydrogens is 261 g/mol. The molecule has 76 valence electrons. The van der Waals surface area contributed by atoms with Crippen LogP contribution in [0.5, 0.6) is 0 Å². The highest BCUT2D eigenvalue weighted by Crippen LogP contribution is 2.27. The number of hydrogen-bond acceptors (Lipinski definition) is 1. The SMILES string of the molecule is ClCc1ccc(N2CCCC2)cc1Br. The zero-order valence-electron chi connectivity index (χ0n) is 7.97. The van der Waals surface area contributed by atoms with Gasteiger partial charge in [0, 0.05) is 29.1 Å². The second-order valence-corrected chi connectivity index (χ2v) is 4.73. The Morgan fingerprint density at radius 3 is 2.57 bits per heavy atom. The van der Waals surface area contributed by atoms with E-state index in [2.05, 4.69) is 39.0 Å². The second-order valence-electron chi connectivity index (χ2n) is 3.60. The highest BCUT2D eigenvalue weighted by molar-refractivity contribution is 9.10. The number of anilines is 1. The fraction of sp³-hybridized carbons (Fsp3) is 0.455. The number of alkyl halides is 1. The van der Waals surface area contributed by atoms with Crippen molar-refractivity contribution < 1.29 is 0 Å². The van der Waals surface area contributed by atoms with Crippen molar-refractivity contribution >= 4 is 33.2 Å². The van der Waals surface area contributed by atoms with Crippen LogP contribution in [0.1, 0.15) is 18.4 Å². The van der Waals surface area contributed by atoms with Gasteiger partial charge >= 0.3 is 0 Å². The quantitative estimate of drug-likeness (QED) is 0.742. The molecule has 0 atom stereocenters. The van der Waals surface area contributed by atoms with Crippen LogP contribution in [-0.4, -0.2) is 13.1 Å². The first kappa shape index (κ1) is 10.3. The zero-order chi connectivity index (χ0) is 9.97. The molecule has 1 aliphatic heterocycles. The van der Waals surface area contributed by atoms with Gasteiger partial charge in [0.1, 0.15) is 0 Å². The Morgan fingerprint density at radius 2 is 2.00 bits per heavy atom. The number of halogens is 2. The molecule has 1 nitrogen and oxygen atoms in total. The maximum Gasteiger partial charge on any atom is 0.0485 e. The molecule has 1 aromatic rings. The lowest BCUT2D eigenvalue weighted by Crippen LogP contribution is -2.17. The van der Waals surface area contributed by atoms with E-state index in [1.165, 1.54) is 31.6 Å². The molecule has 0 aliphatic carbocycles. The van der Waals surface area contributed by atoms with Gasteiger partial charge in [-0.05, 0) is 30.5 Å². The molecule has 1 heterocycles. The molecule has 1 saturated heterocycles. The molecule has 0 aromatic heterocycles. The Hall–Kier alpha value is -0.210. The summed E-state index contributed by atoms with van der Waals surface area (Å²) in [6.45, 7) is 2.37. The molecule has 0 spiro atoms. The molecule has 3 heteroatoms. The largest absolute Gasteiger partial charge is 0.372 e. The third-order valence-corrected chi connectivity index (χ3v) is 3.68. The van der Waals surface area contributed by atoms with Gasteiger partial charge in [-0.3, -0.25) is 0 Å². The van der Waals surface area contributed by atoms with Gasteiger partial charge in [-0.1, -0.05) is 22.0 Å². The van der Waals surface area contributed by atoms with Crippen molar-refractivity contribution in [1.29, 1.82) is 0 Å². The molecule has 1 aromatic carbocycles. The van der Waals surface area contributed by atoms with E-state index >= 15 is 0 Å². The molecule has 1 aliphatic rings. The van der Waals surface area contributed by atoms with Gasteiger partial charge in [0.2, 0.25) is 0 Å². The first-order chi connectivity index (χ1) is 6.81. The minimum Gasteiger partial charge on any atom is -0.372 e. The minimum absolute atomic E-state index is 0.570. The van der Waals surface area contributed by atoms with Gasteiger partial charge in [0.15, 0.2) is 0 Å². The molecule has 0 amide bonds. The molecule has 14 heavy (non-hydrogen) atoms. The van der Waals surface area contributed by atoms with E-state index in [1.807, 2.05) is 0 Å². The van der Waals surface area contributed by atoms with E-state index in [0.717, 1.165) is 10.0 Å². The lowest BCUT2D eigenvalue weighted by atomic mass is 10.2. The van der Waals surface area contributed by atoms with Crippen LogP contribution in [-0.2, 0) is 5.88 Å². The van der Waals surface area contributed by atoms with Gasteiger partial charge in [-0.15, -0.1) is 11.6 Å². The highest BCUT2D eigenvalue weighted by Gasteiger charge is 2.12. The molecule has 0 saturated carbocycles. The molecule has 0 N–H and O–H groups in total. The summed E-state index contributed by atoms with van der Waals surface area (Å²) >= 11 is 9.34. The second kappa shape index (κ2) is 4.54. The van der Waals surface area contributed by atoms with Crippen LogP contribution in [0.2, 0.25) is 0 Å². The Balaban J connectivity index is 2.23. The standard InChI is InChI=1S/C11H13BrClN/c12-11-7-10(4-3-9(11)8-13)14-5-1-2-6-14/h3-4,7H,1-2,5-6,8H2. The van der Waals surface area contributed by atoms with Crippen LogP contribution in [0, 0.1) is 0 Å². The van der Waals surface area contributed by atoms with Crippen molar-refractivity contribution in [2.75, 3.05) is 18.0 Å². The molecule has 1 fully saturated rings. The van der Waals surface area contributed by atoms with Crippen LogP contribution < -0.4 is 4.90 Å². The van der Waals surface area contributed by atoms with Gasteiger partial charge in [-0.2, -0.15) is 0 Å². The van der Waals surface area contributed by atoms with E-state index in [-0.39, 0.29) is 0 Å². The molecule has 0 radical (unpaired) electrons. The predicted octanol–water partition coefficient (Wildman–Crippen LogP) is 3.79. The maximum atomic E-state index is 5.80. The molecule has 0 bridgehead atoms. The number of hydrogen-bond donors (Lipinski definition) is 0. The summed E-state index contributed by atoms with van der Waals surface area (Å²) < 4.78 is 1.12. The van der Waals surface area contributed by atoms with Crippen LogP contribution in [0.3, 0.4) is 0 Å². The normalized spacial score (nSPS) is 16.3. The predicted molar refractivity (Wildman–Crippen MR) is 65.1 cm³/mol. The molecule has 2 rings (SSSR count). The monoisotopic (exact) mass is 273 g/mol. The number of benzene rings is 1. The smallest absolute Gasteiger partial charge is 0.0485 e. The molecule has 0 unspecified atom stereocenters. The first-order valence-corrected chi connectivity index (χ1v) is 6.23. The fourth-order valence-corrected chi connectivity index (χ4v) is 2.72. The average Bonchev–Trinajstić information content (AvgIpc) is 2.70. The van der Waals surface area contributed by atoms with Crippen LogP contribution in [0.4, 0.5) is 5.69 Å². The van der Waals surface area contributed by atoms with Crippen LogP contribution >= 0.6 is 27.5 Å². The lowest BCUT2D eigenvalue weighted by Gasteiger charge is -2.18. The minimum atomic E-state index is 0.570. The summed E-state index contributed by atoms with van der Waals surface area (Å²) in [5.41, 5.74) is 2.47. The van der Waals surface area contributed by atoms with Gasteiger partial charge in [-0.25, -0.2) is 0 Å². The average molecular weight is 275 g/mol. The summed E-state index contributed by atoms with van der Waals surface area (Å²) in [5.74, 6) is 0.570. The van der Waals surface area contributed by atoms with E-state index in [9.17, 15) is 0 Å². The molecular formula is C11H13BrClN. The van der Waals surface area contributed by atoms with Crippen LogP contribution in [0.25, 0.3) is 0 Å². The first-order valence-electron chi connectivity index (χ1n) is 4.90. The summed E-state index contributed by atoms with van der Waals surface area (Å²) in [7, 11) is 0. The van der Waals surface area contributed by atoms with E-state index in [4.69, 9.17) is 11.6 Å². The third-order valence-electron chi connectivity index (χ3n) is 2.65. The maximum absolute atomic E-state index is 5.80. The zero-order valence-corrected chi connectivity index (χ0v) is 10.3. The fourth-order valence-electron chi connectivity index (χ4n) is 1.82. The van der Waals surface area contributed by atoms with Gasteiger partial charge in [0.05, 0.1) is 0 Å². The number of rotatable bonds is 2. The highest BCUT2D eigenvalue weighted by atomic mass is 79.9. The number of nitrogens with zero attached hydrogens (tertiary/aromatic N) is 1. The van der Waals surface area contributed by atoms with Gasteiger partial charge in [0.25, 0.3) is 0 Å². The summed E-state index contributed by atoms with van der Waals surface area (Å²) in [5, 5.41) is 0. The van der Waals surface area contributed by atoms with Crippen LogP contribution in [0.15, 0.2) is 22.7 Å². The summed E-state index contributed by atoms with van der Waals surface area (Å²) in [6, 6.07) is 6.43. The van der Waals surface area contributed by atoms with Crippen molar-refractivity contribution in [3.8, 4) is 0 Å². The van der Waals surface area contributed by atoms with Crippen molar-refractivity contribution in [3.63, 3.8) is 0 Å². The summed E-state index contributed by atoms with van der Waals surface area (Å²) in [4.78, 5) is 2.42. The third kappa shape index (κ3) is 2.06. The van der Waals surface area contributed by atoms with Crippen molar-refractivity contribution in [3.05, 3.63) is 28.2 Å². The van der Waals surface area contributed by atoms with E-state index in [0.29, 0.717) is 5.88 Å². The Kier molecular flexibility index (Phi) is 3.34. The van der Waals surface area contributed by atoms with Crippen molar-refractivity contribution in [1.82, 2.24) is 0 Å². The van der Waals surface area contributed by atoms with Crippen molar-refractivity contribution in [2.45, 2.75) is 18.7 Å². The van der Waals surface area contributed by atoms with E-state index < -0.39 is 0 Å². The van der Waals surface area contributed by atoms with Crippen molar-refractivity contribution in [2.24, 2.45) is 0 Å². The Bertz CT molecular complexity index is 321. The topological polar surface area (TPSA) is 3.24 Å². The van der Waals surface area contributed by atoms with Gasteiger partial charge < -0.3 is 4.90 Å². The Labute approximate surface area is 98.2 Å². The summed E-state index contributed by atoms with van der Waals surface area (Å²) in [6.07, 6.45) is 2.63.